The van der Waals surface area contributed by atoms with Crippen LogP contribution in [0.4, 0.5) is 0 Å². The molecular weight excluding hydrogens is 464 g/mol. The number of aromatic hydroxyl groups is 2. The second-order valence-corrected chi connectivity index (χ2v) is 7.16. The Morgan fingerprint density at radius 3 is 1.39 bits per heavy atom. The van der Waals surface area contributed by atoms with Gasteiger partial charge in [0.15, 0.2) is 46.1 Å². The Hall–Kier alpha value is -4.72. The molecule has 0 atom stereocenters. The summed E-state index contributed by atoms with van der Waals surface area (Å²) in [6, 6.07) is 9.34. The normalized spacial score (nSPS) is 10.3. The molecule has 0 saturated carbocycles. The van der Waals surface area contributed by atoms with E-state index in [1.54, 1.807) is 36.4 Å². The lowest BCUT2D eigenvalue weighted by molar-refractivity contribution is -0.123. The standard InChI is InChI=1S/C21H20O6.C7H8O2/c1-26-20-11-14(5-9-18(20)24)3-7-16(22)13-17(23)8-4-15-6-10-19(25)21(12-15)27-2;1-3-6(8)5-7(9)4-2/h3-12,24-25H,13H2,1-2H3;3-4H,1-2,5H2. The molecule has 0 fully saturated rings. The van der Waals surface area contributed by atoms with Crippen LogP contribution in [0.2, 0.25) is 0 Å². The van der Waals surface area contributed by atoms with Crippen molar-refractivity contribution >= 4 is 35.3 Å². The van der Waals surface area contributed by atoms with E-state index in [1.807, 2.05) is 0 Å². The summed E-state index contributed by atoms with van der Waals surface area (Å²) in [5.74, 6) is -0.611. The maximum atomic E-state index is 11.9. The highest BCUT2D eigenvalue weighted by atomic mass is 16.5. The number of carbonyl (C=O) groups excluding carboxylic acids is 4. The Morgan fingerprint density at radius 2 is 1.06 bits per heavy atom. The highest BCUT2D eigenvalue weighted by Gasteiger charge is 2.06. The summed E-state index contributed by atoms with van der Waals surface area (Å²) in [6.45, 7) is 6.42. The lowest BCUT2D eigenvalue weighted by Crippen LogP contribution is -2.01. The summed E-state index contributed by atoms with van der Waals surface area (Å²) >= 11 is 0. The van der Waals surface area contributed by atoms with Crippen molar-refractivity contribution in [2.45, 2.75) is 12.8 Å². The van der Waals surface area contributed by atoms with Gasteiger partial charge in [0.2, 0.25) is 0 Å². The molecule has 2 N–H and O–H groups in total. The highest BCUT2D eigenvalue weighted by Crippen LogP contribution is 2.27. The maximum Gasteiger partial charge on any atom is 0.163 e. The van der Waals surface area contributed by atoms with Crippen LogP contribution in [0, 0.1) is 0 Å². The quantitative estimate of drug-likeness (QED) is 0.332. The number of allylic oxidation sites excluding steroid dienone is 4. The molecule has 0 radical (unpaired) electrons. The number of methoxy groups -OCH3 is 2. The van der Waals surface area contributed by atoms with Crippen LogP contribution in [0.1, 0.15) is 24.0 Å². The highest BCUT2D eigenvalue weighted by molar-refractivity contribution is 6.11. The number of rotatable bonds is 12. The molecule has 0 bridgehead atoms. The largest absolute Gasteiger partial charge is 0.504 e. The van der Waals surface area contributed by atoms with E-state index in [9.17, 15) is 29.4 Å². The fourth-order valence-corrected chi connectivity index (χ4v) is 2.58. The first-order valence-electron chi connectivity index (χ1n) is 10.6. The molecule has 0 unspecified atom stereocenters. The number of hydrogen-bond donors (Lipinski definition) is 2. The molecule has 0 amide bonds. The molecule has 0 saturated heterocycles. The lowest BCUT2D eigenvalue weighted by atomic mass is 10.1. The van der Waals surface area contributed by atoms with Gasteiger partial charge in [-0.05, 0) is 59.7 Å². The number of benzene rings is 2. The van der Waals surface area contributed by atoms with Gasteiger partial charge in [-0.25, -0.2) is 0 Å². The first-order chi connectivity index (χ1) is 17.1. The first kappa shape index (κ1) is 29.3. The molecule has 0 aliphatic heterocycles. The van der Waals surface area contributed by atoms with Crippen LogP contribution in [-0.2, 0) is 19.2 Å². The van der Waals surface area contributed by atoms with Gasteiger partial charge in [0, 0.05) is 0 Å². The molecule has 0 heterocycles. The number of hydrogen-bond acceptors (Lipinski definition) is 8. The third-order valence-corrected chi connectivity index (χ3v) is 4.48. The van der Waals surface area contributed by atoms with Gasteiger partial charge in [0.1, 0.15) is 0 Å². The van der Waals surface area contributed by atoms with Crippen LogP contribution >= 0.6 is 0 Å². The Morgan fingerprint density at radius 1 is 0.694 bits per heavy atom. The minimum atomic E-state index is -0.347. The Bertz CT molecular complexity index is 1100. The van der Waals surface area contributed by atoms with E-state index >= 15 is 0 Å². The smallest absolute Gasteiger partial charge is 0.163 e. The molecule has 0 spiro atoms. The fraction of sp³-hybridized carbons (Fsp3) is 0.143. The van der Waals surface area contributed by atoms with Crippen molar-refractivity contribution < 1.29 is 38.9 Å². The number of carbonyl (C=O) groups is 4. The average molecular weight is 493 g/mol. The van der Waals surface area contributed by atoms with Crippen molar-refractivity contribution in [2.24, 2.45) is 0 Å². The van der Waals surface area contributed by atoms with Crippen molar-refractivity contribution in [3.8, 4) is 23.0 Å². The second-order valence-electron chi connectivity index (χ2n) is 7.16. The van der Waals surface area contributed by atoms with Crippen molar-refractivity contribution in [2.75, 3.05) is 14.2 Å². The third kappa shape index (κ3) is 10.5. The van der Waals surface area contributed by atoms with E-state index in [0.29, 0.717) is 22.6 Å². The predicted octanol–water partition coefficient (Wildman–Crippen LogP) is 4.26. The molecule has 0 aromatic heterocycles. The van der Waals surface area contributed by atoms with Gasteiger partial charge in [-0.15, -0.1) is 0 Å². The lowest BCUT2D eigenvalue weighted by Gasteiger charge is -2.03. The number of ketones is 4. The zero-order valence-corrected chi connectivity index (χ0v) is 20.1. The zero-order chi connectivity index (χ0) is 27.1. The molecular formula is C28H28O8. The van der Waals surface area contributed by atoms with Crippen molar-refractivity contribution in [3.63, 3.8) is 0 Å². The topological polar surface area (TPSA) is 127 Å². The van der Waals surface area contributed by atoms with Gasteiger partial charge < -0.3 is 19.7 Å². The third-order valence-electron chi connectivity index (χ3n) is 4.48. The average Bonchev–Trinajstić information content (AvgIpc) is 2.87. The Kier molecular flexibility index (Phi) is 12.4. The Balaban J connectivity index is 0.000000613. The van der Waals surface area contributed by atoms with Crippen molar-refractivity contribution in [1.82, 2.24) is 0 Å². The van der Waals surface area contributed by atoms with E-state index < -0.39 is 0 Å². The van der Waals surface area contributed by atoms with Gasteiger partial charge in [0.05, 0.1) is 27.1 Å². The van der Waals surface area contributed by atoms with E-state index in [2.05, 4.69) is 13.2 Å². The van der Waals surface area contributed by atoms with Gasteiger partial charge in [-0.2, -0.15) is 0 Å². The van der Waals surface area contributed by atoms with Crippen LogP contribution in [-0.4, -0.2) is 47.6 Å². The zero-order valence-electron chi connectivity index (χ0n) is 20.1. The molecule has 8 nitrogen and oxygen atoms in total. The van der Waals surface area contributed by atoms with E-state index in [-0.39, 0.29) is 47.5 Å². The van der Waals surface area contributed by atoms with E-state index in [1.165, 1.54) is 38.5 Å². The summed E-state index contributed by atoms with van der Waals surface area (Å²) in [7, 11) is 2.87. The second kappa shape index (κ2) is 15.2. The molecule has 2 rings (SSSR count). The van der Waals surface area contributed by atoms with E-state index in [4.69, 9.17) is 9.47 Å². The molecule has 2 aromatic rings. The van der Waals surface area contributed by atoms with Crippen LogP contribution < -0.4 is 9.47 Å². The summed E-state index contributed by atoms with van der Waals surface area (Å²) in [5.41, 5.74) is 1.33. The van der Waals surface area contributed by atoms with Crippen LogP contribution in [0.3, 0.4) is 0 Å². The van der Waals surface area contributed by atoms with Crippen molar-refractivity contribution in [3.05, 3.63) is 85.0 Å². The maximum absolute atomic E-state index is 11.9. The summed E-state index contributed by atoms with van der Waals surface area (Å²) in [4.78, 5) is 44.6. The summed E-state index contributed by atoms with van der Waals surface area (Å²) < 4.78 is 10.00. The molecule has 36 heavy (non-hydrogen) atoms. The molecule has 0 aliphatic rings. The minimum Gasteiger partial charge on any atom is -0.504 e. The monoisotopic (exact) mass is 492 g/mol. The summed E-state index contributed by atoms with van der Waals surface area (Å²) in [6.07, 6.45) is 7.59. The number of ether oxygens (including phenoxy) is 2. The minimum absolute atomic E-state index is 0.00662. The van der Waals surface area contributed by atoms with Crippen LogP contribution in [0.5, 0.6) is 23.0 Å². The van der Waals surface area contributed by atoms with Crippen LogP contribution in [0.25, 0.3) is 12.2 Å². The van der Waals surface area contributed by atoms with Gasteiger partial charge in [0.25, 0.3) is 0 Å². The number of phenolic OH excluding ortho intramolecular Hbond substituents is 2. The molecule has 8 heteroatoms. The number of phenols is 2. The molecule has 0 aliphatic carbocycles. The predicted molar refractivity (Wildman–Crippen MR) is 137 cm³/mol. The Labute approximate surface area is 209 Å². The molecule has 188 valence electrons. The van der Waals surface area contributed by atoms with Crippen LogP contribution in [0.15, 0.2) is 73.9 Å². The van der Waals surface area contributed by atoms with E-state index in [0.717, 1.165) is 12.2 Å². The van der Waals surface area contributed by atoms with Gasteiger partial charge in [-0.1, -0.05) is 37.4 Å². The SMILES string of the molecule is C=CC(=O)CC(=O)C=C.COc1cc(C=CC(=O)CC(=O)C=Cc2ccc(O)c(OC)c2)ccc1O. The summed E-state index contributed by atoms with van der Waals surface area (Å²) in [5, 5.41) is 19.1. The van der Waals surface area contributed by atoms with Gasteiger partial charge in [-0.3, -0.25) is 19.2 Å². The van der Waals surface area contributed by atoms with Gasteiger partial charge >= 0.3 is 0 Å². The molecule has 2 aromatic carbocycles. The van der Waals surface area contributed by atoms with Crippen molar-refractivity contribution in [1.29, 1.82) is 0 Å². The fourth-order valence-electron chi connectivity index (χ4n) is 2.58. The first-order valence-corrected chi connectivity index (χ1v) is 10.6.